The number of aliphatic carboxylic acids is 2. The van der Waals surface area contributed by atoms with Gasteiger partial charge in [-0.15, -0.1) is 26.2 Å². The van der Waals surface area contributed by atoms with Crippen LogP contribution in [0.4, 0.5) is 0 Å². The van der Waals surface area contributed by atoms with Crippen LogP contribution in [0.15, 0.2) is 0 Å². The number of nitrogens with one attached hydrogen (secondary N) is 6. The van der Waals surface area contributed by atoms with Gasteiger partial charge in [-0.1, -0.05) is 14.9 Å². The normalized spacial score (nSPS) is 12.5. The quantitative estimate of drug-likeness (QED) is 0.185. The fourth-order valence-corrected chi connectivity index (χ4v) is 3.74. The van der Waals surface area contributed by atoms with E-state index in [1.165, 1.54) is 69.2 Å². The minimum atomic E-state index is -1.16. The van der Waals surface area contributed by atoms with Gasteiger partial charge in [-0.2, -0.15) is 0 Å². The van der Waals surface area contributed by atoms with E-state index >= 15 is 0 Å². The average molecular weight is 1850 g/mol. The van der Waals surface area contributed by atoms with Gasteiger partial charge in [0.15, 0.2) is 0 Å². The SMILES string of the molecule is C.C.C1CNCC[N-]1.CC(=O)NC(C)(C)C(=O)N1CC[N-]CC1.CC(=O)NC(C)(C)C(=O)O.CC(=O)NC(C)(C)C(=O)O.CC(=O)NC(C)(C)C([NH-])=O.[NH2-].[Rf].[Rf].[Rf].[Rf]. The van der Waals surface area contributed by atoms with Crippen LogP contribution in [0.25, 0.3) is 22.5 Å². The molecule has 2 rings (SSSR count). The minimum Gasteiger partial charge on any atom is -0.693 e. The van der Waals surface area contributed by atoms with Gasteiger partial charge in [0.25, 0.3) is 0 Å². The number of carbonyl (C=O) groups excluding carboxylic acids is 6. The van der Waals surface area contributed by atoms with Crippen LogP contribution in [-0.4, -0.2) is 137 Å². The van der Waals surface area contributed by atoms with Crippen molar-refractivity contribution in [1.82, 2.24) is 31.5 Å². The summed E-state index contributed by atoms with van der Waals surface area (Å²) in [6.45, 7) is 24.3. The number of nitrogens with two attached hydrogens (primary N) is 1. The summed E-state index contributed by atoms with van der Waals surface area (Å²) in [5.74, 6) is -4.07. The summed E-state index contributed by atoms with van der Waals surface area (Å²) in [5.41, 5.74) is 2.53. The van der Waals surface area contributed by atoms with E-state index in [0.29, 0.717) is 26.2 Å². The van der Waals surface area contributed by atoms with Gasteiger partial charge in [-0.05, 0) is 68.5 Å². The summed E-state index contributed by atoms with van der Waals surface area (Å²) in [7, 11) is 0. The molecule has 2 heterocycles. The Hall–Kier alpha value is -8.40. The Bertz CT molecular complexity index is 1100. The maximum absolute atomic E-state index is 12.0. The maximum Gasteiger partial charge on any atom is 0.328 e. The first-order chi connectivity index (χ1) is 23.0. The molecule has 58 heavy (non-hydrogen) atoms. The summed E-state index contributed by atoms with van der Waals surface area (Å²) in [4.78, 5) is 87.1. The molecule has 2 aliphatic rings. The van der Waals surface area contributed by atoms with Crippen molar-refractivity contribution in [3.05, 3.63) is 22.5 Å². The van der Waals surface area contributed by atoms with E-state index < -0.39 is 40.0 Å². The number of nitrogens with zero attached hydrogens (tertiary/aromatic N) is 3. The number of amides is 6. The van der Waals surface area contributed by atoms with E-state index in [1.807, 2.05) is 0 Å². The molecule has 0 bridgehead atoms. The molecule has 24 heteroatoms. The average Bonchev–Trinajstić information content (AvgIpc) is 2.97. The molecule has 0 aromatic rings. The Labute approximate surface area is 322 Å². The Morgan fingerprint density at radius 2 is 0.793 bits per heavy atom. The van der Waals surface area contributed by atoms with E-state index in [2.05, 4.69) is 37.2 Å². The van der Waals surface area contributed by atoms with Crippen LogP contribution in [0.3, 0.4) is 0 Å². The second-order valence-corrected chi connectivity index (χ2v) is 13.5. The molecule has 2 aliphatic heterocycles. The summed E-state index contributed by atoms with van der Waals surface area (Å²) in [6.07, 6.45) is 0. The molecule has 10 N–H and O–H groups in total. The van der Waals surface area contributed by atoms with Crippen molar-refractivity contribution >= 4 is 47.4 Å². The smallest absolute Gasteiger partial charge is 0.328 e. The molecule has 0 unspecified atom stereocenters. The van der Waals surface area contributed by atoms with Crippen molar-refractivity contribution in [3.8, 4) is 0 Å². The zero-order chi connectivity index (χ0) is 40.8. The predicted octanol–water partition coefficient (Wildman–Crippen LogP) is 2.52. The third-order valence-electron chi connectivity index (χ3n) is 6.36. The van der Waals surface area contributed by atoms with Crippen LogP contribution in [0.5, 0.6) is 0 Å². The topological polar surface area (TPSA) is 326 Å². The second-order valence-electron chi connectivity index (χ2n) is 13.5. The Kier molecular flexibility index (Phi) is 42.8. The van der Waals surface area contributed by atoms with Crippen LogP contribution in [0.1, 0.15) is 97.9 Å². The first kappa shape index (κ1) is 74.7. The van der Waals surface area contributed by atoms with Gasteiger partial charge < -0.3 is 69.0 Å². The number of piperazine rings is 2. The van der Waals surface area contributed by atoms with E-state index in [4.69, 9.17) is 15.9 Å². The first-order valence-corrected chi connectivity index (χ1v) is 16.2. The van der Waals surface area contributed by atoms with Crippen LogP contribution in [0, 0.1) is 0 Å². The molecule has 0 spiro atoms. The molecule has 2 saturated heterocycles. The molecule has 0 aromatic carbocycles. The third-order valence-corrected chi connectivity index (χ3v) is 6.36. The molecule has 0 atom stereocenters. The van der Waals surface area contributed by atoms with Crippen molar-refractivity contribution < 1.29 is 48.6 Å². The molecule has 328 valence electrons. The van der Waals surface area contributed by atoms with Gasteiger partial charge in [-0.3, -0.25) is 24.0 Å². The molecule has 20 nitrogen and oxygen atoms in total. The summed E-state index contributed by atoms with van der Waals surface area (Å²) in [5, 5.41) is 38.0. The van der Waals surface area contributed by atoms with Crippen molar-refractivity contribution in [2.45, 2.75) is 120 Å². The number of hydrogen-bond donors (Lipinski definition) is 7. The maximum atomic E-state index is 12.0. The van der Waals surface area contributed by atoms with Gasteiger partial charge in [-0.25, -0.2) is 9.59 Å². The van der Waals surface area contributed by atoms with Gasteiger partial charge in [0.2, 0.25) is 29.5 Å². The van der Waals surface area contributed by atoms with Gasteiger partial charge in [0.05, 0.1) is 11.4 Å². The van der Waals surface area contributed by atoms with Gasteiger partial charge in [0.1, 0.15) is 16.6 Å². The van der Waals surface area contributed by atoms with E-state index in [9.17, 15) is 38.4 Å². The summed E-state index contributed by atoms with van der Waals surface area (Å²) in [6, 6.07) is 0. The Morgan fingerprint density at radius 1 is 0.534 bits per heavy atom. The van der Waals surface area contributed by atoms with Gasteiger partial charge >= 0.3 is 11.9 Å². The van der Waals surface area contributed by atoms with Gasteiger partial charge in [0, 0.05) is 40.8 Å². The summed E-state index contributed by atoms with van der Waals surface area (Å²) < 4.78 is 0. The van der Waals surface area contributed by atoms with E-state index in [0.717, 1.165) is 26.2 Å². The van der Waals surface area contributed by atoms with E-state index in [1.54, 1.807) is 18.7 Å². The zero-order valence-electron chi connectivity index (χ0n) is 35.6. The molecule has 0 aliphatic carbocycles. The van der Waals surface area contributed by atoms with Crippen LogP contribution in [-0.2, 0) is 38.4 Å². The second kappa shape index (κ2) is 33.2. The standard InChI is InChI=1S/C10H18N3O2.C6H12N2O2.2C6H11NO3.C4H9N2.2CH4.H2N.4Rf/c1-8(14)12-10(2,3)9(15)13-6-4-11-5-7-13;1-4(9)8-6(2,3)5(7)10;2*1-4(8)7-6(2,3)5(9)10;1-2-6-4-3-5-1;;;;;;;/h4-7H2,1-3H3,(H,12,14);1-3H3,(H3,7,8,9,10);2*1-3H3,(H,7,8)(H,9,10);5H,1-4H2;2*1H4;1H2;;;;/q-1;;;;-1;;;-1;;;;/p-1. The molecule has 0 radical (unpaired) electrons. The number of carbonyl (C=O) groups is 8. The van der Waals surface area contributed by atoms with E-state index in [-0.39, 0.29) is 50.5 Å². The molecular weight excluding hydrogens is 1780 g/mol. The molecule has 2 fully saturated rings. The van der Waals surface area contributed by atoms with Crippen molar-refractivity contribution in [1.29, 1.82) is 0 Å². The van der Waals surface area contributed by atoms with Crippen molar-refractivity contribution in [2.24, 2.45) is 0 Å². The monoisotopic (exact) mass is 1850 g/mol. The number of carboxylic acids is 2. The van der Waals surface area contributed by atoms with Crippen LogP contribution >= 0.6 is 0 Å². The molecule has 0 aromatic heterocycles. The van der Waals surface area contributed by atoms with Crippen molar-refractivity contribution in [2.75, 3.05) is 52.4 Å². The fraction of sp³-hybridized carbons (Fsp3) is 0.765. The zero-order valence-corrected chi connectivity index (χ0v) is 61.2. The molecular formula is C34H70N10O10Rf4-4. The fourth-order valence-electron chi connectivity index (χ4n) is 3.74. The summed E-state index contributed by atoms with van der Waals surface area (Å²) >= 11 is 0. The first-order valence-electron chi connectivity index (χ1n) is 16.2. The predicted molar refractivity (Wildman–Crippen MR) is 211 cm³/mol. The Morgan fingerprint density at radius 3 is 0.966 bits per heavy atom. The van der Waals surface area contributed by atoms with Crippen LogP contribution < -0.4 is 26.6 Å². The van der Waals surface area contributed by atoms with Crippen LogP contribution in [0.2, 0.25) is 0 Å². The minimum absolute atomic E-state index is 0. The number of hydrogen-bond acceptors (Lipinski definition) is 9. The third kappa shape index (κ3) is 36.0. The Balaban J connectivity index is -0.0000000616. The molecule has 6 amide bonds. The number of carboxylic acid groups (broad SMARTS) is 2. The molecule has 0 saturated carbocycles. The van der Waals surface area contributed by atoms with Crippen molar-refractivity contribution in [3.63, 3.8) is 0 Å². The number of rotatable bonds is 8. The largest absolute Gasteiger partial charge is 0.693 e.